The van der Waals surface area contributed by atoms with Gasteiger partial charge in [0.15, 0.2) is 0 Å². The molecule has 0 radical (unpaired) electrons. The number of aromatic nitrogens is 2. The quantitative estimate of drug-likeness (QED) is 0.451. The van der Waals surface area contributed by atoms with Gasteiger partial charge in [0.1, 0.15) is 12.1 Å². The van der Waals surface area contributed by atoms with Gasteiger partial charge in [0.25, 0.3) is 0 Å². The number of aliphatic hydroxyl groups excluding tert-OH is 1. The van der Waals surface area contributed by atoms with Gasteiger partial charge in [-0.25, -0.2) is 9.97 Å². The van der Waals surface area contributed by atoms with Crippen molar-refractivity contribution in [1.29, 1.82) is 0 Å². The van der Waals surface area contributed by atoms with Crippen molar-refractivity contribution in [3.05, 3.63) is 74.3 Å². The zero-order valence-electron chi connectivity index (χ0n) is 16.4. The Morgan fingerprint density at radius 2 is 2.20 bits per heavy atom. The Morgan fingerprint density at radius 3 is 2.97 bits per heavy atom. The van der Waals surface area contributed by atoms with E-state index in [4.69, 9.17) is 0 Å². The first-order valence-corrected chi connectivity index (χ1v) is 12.6. The smallest absolute Gasteiger partial charge is 0.208 e. The zero-order valence-corrected chi connectivity index (χ0v) is 19.6. The molecule has 2 aromatic heterocycles. The first kappa shape index (κ1) is 21.5. The van der Waals surface area contributed by atoms with Gasteiger partial charge < -0.3 is 10.4 Å². The molecule has 0 amide bonds. The summed E-state index contributed by atoms with van der Waals surface area (Å²) in [7, 11) is 0. The van der Waals surface area contributed by atoms with Gasteiger partial charge >= 0.3 is 0 Å². The molecular weight excluding hydrogens is 482 g/mol. The number of halogens is 1. The average Bonchev–Trinajstić information content (AvgIpc) is 3.34. The molecule has 1 fully saturated rings. The Morgan fingerprint density at radius 1 is 1.33 bits per heavy atom. The third-order valence-corrected chi connectivity index (χ3v) is 7.83. The largest absolute Gasteiger partial charge is 0.392 e. The highest BCUT2D eigenvalue weighted by atomic mass is 79.9. The van der Waals surface area contributed by atoms with Crippen LogP contribution < -0.4 is 5.32 Å². The van der Waals surface area contributed by atoms with Gasteiger partial charge in [-0.15, -0.1) is 11.3 Å². The van der Waals surface area contributed by atoms with Gasteiger partial charge in [-0.1, -0.05) is 28.1 Å². The molecule has 156 valence electrons. The van der Waals surface area contributed by atoms with Crippen molar-refractivity contribution in [2.24, 2.45) is 0 Å². The lowest BCUT2D eigenvalue weighted by molar-refractivity contribution is 0.104. The highest BCUT2D eigenvalue weighted by molar-refractivity contribution is 9.10. The van der Waals surface area contributed by atoms with Gasteiger partial charge in [-0.05, 0) is 60.2 Å². The Hall–Kier alpha value is -1.74. The Bertz CT molecular complexity index is 1040. The van der Waals surface area contributed by atoms with Crippen LogP contribution in [-0.2, 0) is 6.42 Å². The molecule has 2 heterocycles. The van der Waals surface area contributed by atoms with Crippen LogP contribution in [0.25, 0.3) is 0 Å². The second-order valence-corrected chi connectivity index (χ2v) is 10.3. The second kappa shape index (κ2) is 9.60. The third kappa shape index (κ3) is 4.94. The minimum atomic E-state index is -0.337. The zero-order chi connectivity index (χ0) is 21.1. The Kier molecular flexibility index (Phi) is 6.87. The molecule has 2 N–H and O–H groups in total. The summed E-state index contributed by atoms with van der Waals surface area (Å²) < 4.78 is 1.05. The average molecular weight is 504 g/mol. The number of ketones is 1. The molecule has 1 aliphatic carbocycles. The molecule has 1 aromatic carbocycles. The van der Waals surface area contributed by atoms with Crippen molar-refractivity contribution in [3.63, 3.8) is 0 Å². The van der Waals surface area contributed by atoms with E-state index in [0.29, 0.717) is 22.7 Å². The minimum Gasteiger partial charge on any atom is -0.392 e. The van der Waals surface area contributed by atoms with Crippen molar-refractivity contribution in [2.75, 3.05) is 11.6 Å². The van der Waals surface area contributed by atoms with E-state index in [1.807, 2.05) is 29.8 Å². The van der Waals surface area contributed by atoms with Crippen molar-refractivity contribution >= 4 is 50.6 Å². The molecule has 0 aliphatic heterocycles. The van der Waals surface area contributed by atoms with Crippen LogP contribution in [0.1, 0.15) is 39.2 Å². The number of nitrogens with one attached hydrogen (secondary N) is 1. The van der Waals surface area contributed by atoms with E-state index in [1.165, 1.54) is 23.2 Å². The monoisotopic (exact) mass is 503 g/mol. The van der Waals surface area contributed by atoms with Crippen molar-refractivity contribution in [1.82, 2.24) is 9.97 Å². The number of nitrogens with zero attached hydrogens (tertiary/aromatic N) is 2. The number of thiophene rings is 1. The van der Waals surface area contributed by atoms with Crippen LogP contribution in [0.5, 0.6) is 0 Å². The SMILES string of the molecule is CS[C@@H]1C[C@H](Nc2ncncc2C(=O)c2cc(Cc3cccc(Br)c3)cs2)C[C@@H]1O. The summed E-state index contributed by atoms with van der Waals surface area (Å²) in [6, 6.07) is 10.2. The fourth-order valence-electron chi connectivity index (χ4n) is 3.76. The number of hydrogen-bond donors (Lipinski definition) is 2. The van der Waals surface area contributed by atoms with Crippen LogP contribution in [0.3, 0.4) is 0 Å². The maximum atomic E-state index is 13.2. The number of carbonyl (C=O) groups is 1. The van der Waals surface area contributed by atoms with Gasteiger partial charge in [0.05, 0.1) is 16.5 Å². The number of benzene rings is 1. The van der Waals surface area contributed by atoms with Crippen LogP contribution >= 0.6 is 39.0 Å². The van der Waals surface area contributed by atoms with Crippen LogP contribution in [0.2, 0.25) is 0 Å². The Labute approximate surface area is 192 Å². The summed E-state index contributed by atoms with van der Waals surface area (Å²) in [4.78, 5) is 22.2. The predicted octanol–water partition coefficient (Wildman–Crippen LogP) is 4.79. The Balaban J connectivity index is 1.50. The summed E-state index contributed by atoms with van der Waals surface area (Å²) in [5.41, 5.74) is 2.76. The van der Waals surface area contributed by atoms with E-state index < -0.39 is 0 Å². The predicted molar refractivity (Wildman–Crippen MR) is 127 cm³/mol. The molecular formula is C22H22BrN3O2S2. The molecule has 3 aromatic rings. The number of rotatable bonds is 7. The summed E-state index contributed by atoms with van der Waals surface area (Å²) in [5, 5.41) is 15.8. The van der Waals surface area contributed by atoms with Crippen molar-refractivity contribution < 1.29 is 9.90 Å². The maximum Gasteiger partial charge on any atom is 0.208 e. The first-order chi connectivity index (χ1) is 14.5. The normalized spacial score (nSPS) is 21.0. The molecule has 0 spiro atoms. The summed E-state index contributed by atoms with van der Waals surface area (Å²) in [5.74, 6) is 0.458. The highest BCUT2D eigenvalue weighted by Gasteiger charge is 2.33. The molecule has 30 heavy (non-hydrogen) atoms. The second-order valence-electron chi connectivity index (χ2n) is 7.39. The standard InChI is InChI=1S/C22H22BrN3O2S2/c1-29-19-9-16(8-18(19)27)26-22-17(10-24-12-25-22)21(28)20-7-14(11-30-20)5-13-3-2-4-15(23)6-13/h2-4,6-7,10-12,16,18-19,27H,5,8-9H2,1H3,(H,24,25,26)/t16-,18+,19-/m1/s1. The highest BCUT2D eigenvalue weighted by Crippen LogP contribution is 2.31. The maximum absolute atomic E-state index is 13.2. The first-order valence-electron chi connectivity index (χ1n) is 9.67. The lowest BCUT2D eigenvalue weighted by Gasteiger charge is -2.15. The molecule has 8 heteroatoms. The number of thioether (sulfide) groups is 1. The van der Waals surface area contributed by atoms with Crippen LogP contribution in [-0.4, -0.2) is 44.5 Å². The lowest BCUT2D eigenvalue weighted by Crippen LogP contribution is -2.20. The summed E-state index contributed by atoms with van der Waals surface area (Å²) in [6.07, 6.45) is 6.96. The molecule has 4 rings (SSSR count). The van der Waals surface area contributed by atoms with Crippen LogP contribution in [0, 0.1) is 0 Å². The summed E-state index contributed by atoms with van der Waals surface area (Å²) in [6.45, 7) is 0. The van der Waals surface area contributed by atoms with Gasteiger partial charge in [0.2, 0.25) is 5.78 Å². The number of aliphatic hydroxyl groups is 1. The van der Waals surface area contributed by atoms with E-state index >= 15 is 0 Å². The lowest BCUT2D eigenvalue weighted by atomic mass is 10.1. The van der Waals surface area contributed by atoms with E-state index in [-0.39, 0.29) is 23.2 Å². The van der Waals surface area contributed by atoms with E-state index in [2.05, 4.69) is 43.3 Å². The third-order valence-electron chi connectivity index (χ3n) is 5.25. The number of carbonyl (C=O) groups excluding carboxylic acids is 1. The van der Waals surface area contributed by atoms with E-state index in [9.17, 15) is 9.90 Å². The van der Waals surface area contributed by atoms with Crippen LogP contribution in [0.15, 0.2) is 52.7 Å². The van der Waals surface area contributed by atoms with Gasteiger partial charge in [0, 0.05) is 22.0 Å². The van der Waals surface area contributed by atoms with E-state index in [0.717, 1.165) is 22.9 Å². The van der Waals surface area contributed by atoms with Gasteiger partial charge in [-0.2, -0.15) is 11.8 Å². The molecule has 1 saturated carbocycles. The summed E-state index contributed by atoms with van der Waals surface area (Å²) >= 11 is 6.62. The molecule has 0 unspecified atom stereocenters. The topological polar surface area (TPSA) is 75.1 Å². The molecule has 1 aliphatic rings. The molecule has 5 nitrogen and oxygen atoms in total. The molecule has 0 saturated heterocycles. The minimum absolute atomic E-state index is 0.0800. The van der Waals surface area contributed by atoms with E-state index in [1.54, 1.807) is 18.0 Å². The molecule has 0 bridgehead atoms. The fourth-order valence-corrected chi connectivity index (χ4v) is 5.92. The van der Waals surface area contributed by atoms with Crippen molar-refractivity contribution in [2.45, 2.75) is 36.7 Å². The number of hydrogen-bond acceptors (Lipinski definition) is 7. The fraction of sp³-hybridized carbons (Fsp3) is 0.318. The molecule has 3 atom stereocenters. The number of anilines is 1. The van der Waals surface area contributed by atoms with Crippen LogP contribution in [0.4, 0.5) is 5.82 Å². The van der Waals surface area contributed by atoms with Crippen molar-refractivity contribution in [3.8, 4) is 0 Å². The van der Waals surface area contributed by atoms with Gasteiger partial charge in [-0.3, -0.25) is 4.79 Å².